The summed E-state index contributed by atoms with van der Waals surface area (Å²) in [6, 6.07) is 12.4. The topological polar surface area (TPSA) is 105 Å². The maximum absolute atomic E-state index is 13.0. The van der Waals surface area contributed by atoms with Crippen molar-refractivity contribution in [2.45, 2.75) is 32.5 Å². The van der Waals surface area contributed by atoms with E-state index in [9.17, 15) is 19.5 Å². The van der Waals surface area contributed by atoms with Crippen molar-refractivity contribution >= 4 is 23.7 Å². The van der Waals surface area contributed by atoms with Gasteiger partial charge in [0.05, 0.1) is 12.1 Å². The number of carbonyl (C=O) groups is 3. The van der Waals surface area contributed by atoms with Crippen LogP contribution in [0, 0.1) is 12.3 Å². The molecule has 2 aromatic carbocycles. The van der Waals surface area contributed by atoms with Crippen LogP contribution in [-0.2, 0) is 27.4 Å². The SMILES string of the molecule is C#Cc1cc2c(cc1CC(=O)O)N(CCNC(=O)OCc1ccccc1)C(=O)C(C)(C)O2. The Kier molecular flexibility index (Phi) is 6.69. The van der Waals surface area contributed by atoms with Gasteiger partial charge in [-0.3, -0.25) is 9.59 Å². The van der Waals surface area contributed by atoms with Crippen LogP contribution in [0.15, 0.2) is 42.5 Å². The molecule has 0 spiro atoms. The molecule has 2 amide bonds. The van der Waals surface area contributed by atoms with E-state index < -0.39 is 17.7 Å². The average molecular weight is 436 g/mol. The fraction of sp³-hybridized carbons (Fsp3) is 0.292. The first-order chi connectivity index (χ1) is 15.2. The van der Waals surface area contributed by atoms with Gasteiger partial charge in [-0.25, -0.2) is 4.79 Å². The molecule has 2 aromatic rings. The lowest BCUT2D eigenvalue weighted by Crippen LogP contribution is -2.54. The van der Waals surface area contributed by atoms with Crippen LogP contribution in [-0.4, -0.2) is 41.8 Å². The summed E-state index contributed by atoms with van der Waals surface area (Å²) in [6.45, 7) is 3.66. The van der Waals surface area contributed by atoms with Crippen molar-refractivity contribution in [2.24, 2.45) is 0 Å². The van der Waals surface area contributed by atoms with Gasteiger partial charge < -0.3 is 24.8 Å². The van der Waals surface area contributed by atoms with E-state index in [0.717, 1.165) is 5.56 Å². The number of hydrogen-bond donors (Lipinski definition) is 2. The van der Waals surface area contributed by atoms with Crippen LogP contribution in [0.3, 0.4) is 0 Å². The number of carboxylic acids is 1. The standard InChI is InChI=1S/C24H24N2O6/c1-4-17-13-20-19(12-18(17)14-21(27)28)26(22(29)24(2,3)32-20)11-10-25-23(30)31-15-16-8-6-5-7-9-16/h1,5-9,12-13H,10-11,14-15H2,2-3H3,(H,25,30)(H,27,28). The molecule has 0 unspecified atom stereocenters. The summed E-state index contributed by atoms with van der Waals surface area (Å²) in [7, 11) is 0. The van der Waals surface area contributed by atoms with Crippen LogP contribution >= 0.6 is 0 Å². The number of anilines is 1. The third-order valence-electron chi connectivity index (χ3n) is 4.92. The molecule has 0 radical (unpaired) electrons. The highest BCUT2D eigenvalue weighted by Crippen LogP contribution is 2.39. The fourth-order valence-electron chi connectivity index (χ4n) is 3.37. The summed E-state index contributed by atoms with van der Waals surface area (Å²) >= 11 is 0. The monoisotopic (exact) mass is 436 g/mol. The zero-order chi connectivity index (χ0) is 23.3. The minimum Gasteiger partial charge on any atom is -0.481 e. The summed E-state index contributed by atoms with van der Waals surface area (Å²) in [5.74, 6) is 1.49. The predicted octanol–water partition coefficient (Wildman–Crippen LogP) is 2.73. The van der Waals surface area contributed by atoms with Crippen molar-refractivity contribution in [1.29, 1.82) is 0 Å². The van der Waals surface area contributed by atoms with E-state index in [1.807, 2.05) is 30.3 Å². The molecule has 0 saturated heterocycles. The molecule has 32 heavy (non-hydrogen) atoms. The lowest BCUT2D eigenvalue weighted by molar-refractivity contribution is -0.136. The average Bonchev–Trinajstić information content (AvgIpc) is 2.75. The number of benzene rings is 2. The Morgan fingerprint density at radius 1 is 1.25 bits per heavy atom. The van der Waals surface area contributed by atoms with E-state index >= 15 is 0 Å². The van der Waals surface area contributed by atoms with Crippen molar-refractivity contribution in [2.75, 3.05) is 18.0 Å². The van der Waals surface area contributed by atoms with E-state index in [1.54, 1.807) is 26.0 Å². The Morgan fingerprint density at radius 3 is 2.62 bits per heavy atom. The number of hydrogen-bond acceptors (Lipinski definition) is 5. The number of nitrogens with zero attached hydrogens (tertiary/aromatic N) is 1. The molecular formula is C24H24N2O6. The van der Waals surface area contributed by atoms with Gasteiger partial charge in [-0.15, -0.1) is 6.42 Å². The van der Waals surface area contributed by atoms with Gasteiger partial charge in [0.15, 0.2) is 5.60 Å². The van der Waals surface area contributed by atoms with Gasteiger partial charge in [0.2, 0.25) is 0 Å². The van der Waals surface area contributed by atoms with Gasteiger partial charge in [-0.2, -0.15) is 0 Å². The molecule has 0 atom stereocenters. The maximum atomic E-state index is 13.0. The highest BCUT2D eigenvalue weighted by molar-refractivity contribution is 6.02. The Labute approximate surface area is 186 Å². The van der Waals surface area contributed by atoms with E-state index in [-0.39, 0.29) is 32.0 Å². The second kappa shape index (κ2) is 9.43. The molecule has 2 N–H and O–H groups in total. The molecular weight excluding hydrogens is 412 g/mol. The van der Waals surface area contributed by atoms with Crippen molar-refractivity contribution < 1.29 is 29.0 Å². The summed E-state index contributed by atoms with van der Waals surface area (Å²) in [6.07, 6.45) is 4.64. The molecule has 0 aromatic heterocycles. The minimum atomic E-state index is -1.15. The van der Waals surface area contributed by atoms with Crippen LogP contribution in [0.4, 0.5) is 10.5 Å². The zero-order valence-electron chi connectivity index (χ0n) is 17.9. The van der Waals surface area contributed by atoms with Gasteiger partial charge in [-0.05, 0) is 37.1 Å². The van der Waals surface area contributed by atoms with Crippen molar-refractivity contribution in [1.82, 2.24) is 5.32 Å². The van der Waals surface area contributed by atoms with E-state index in [0.29, 0.717) is 22.6 Å². The first-order valence-corrected chi connectivity index (χ1v) is 10.0. The van der Waals surface area contributed by atoms with Gasteiger partial charge in [0.25, 0.3) is 5.91 Å². The van der Waals surface area contributed by atoms with Crippen LogP contribution in [0.2, 0.25) is 0 Å². The second-order valence-electron chi connectivity index (χ2n) is 7.75. The van der Waals surface area contributed by atoms with Crippen LogP contribution < -0.4 is 15.0 Å². The number of terminal acetylenes is 1. The maximum Gasteiger partial charge on any atom is 0.407 e. The van der Waals surface area contributed by atoms with Crippen LogP contribution in [0.25, 0.3) is 0 Å². The first kappa shape index (κ1) is 22.7. The number of amides is 2. The van der Waals surface area contributed by atoms with Crippen LogP contribution in [0.1, 0.15) is 30.5 Å². The lowest BCUT2D eigenvalue weighted by atomic mass is 9.98. The normalized spacial score (nSPS) is 14.0. The molecule has 1 aliphatic rings. The Balaban J connectivity index is 1.73. The van der Waals surface area contributed by atoms with E-state index in [1.165, 1.54) is 4.90 Å². The number of carbonyl (C=O) groups excluding carboxylic acids is 2. The molecule has 0 saturated carbocycles. The summed E-state index contributed by atoms with van der Waals surface area (Å²) < 4.78 is 11.0. The molecule has 1 aliphatic heterocycles. The van der Waals surface area contributed by atoms with Crippen molar-refractivity contribution in [3.8, 4) is 18.1 Å². The highest BCUT2D eigenvalue weighted by Gasteiger charge is 2.41. The predicted molar refractivity (Wildman–Crippen MR) is 117 cm³/mol. The number of carboxylic acid groups (broad SMARTS) is 1. The van der Waals surface area contributed by atoms with E-state index in [4.69, 9.17) is 15.9 Å². The molecule has 8 nitrogen and oxygen atoms in total. The van der Waals surface area contributed by atoms with Gasteiger partial charge in [0.1, 0.15) is 12.4 Å². The van der Waals surface area contributed by atoms with Crippen molar-refractivity contribution in [3.05, 3.63) is 59.2 Å². The third-order valence-corrected chi connectivity index (χ3v) is 4.92. The quantitative estimate of drug-likeness (QED) is 0.647. The summed E-state index contributed by atoms with van der Waals surface area (Å²) in [5, 5.41) is 11.8. The Hall–Kier alpha value is -3.99. The number of alkyl carbamates (subject to hydrolysis) is 1. The number of rotatable bonds is 7. The van der Waals surface area contributed by atoms with Gasteiger partial charge in [-0.1, -0.05) is 36.3 Å². The lowest BCUT2D eigenvalue weighted by Gasteiger charge is -2.39. The second-order valence-corrected chi connectivity index (χ2v) is 7.75. The first-order valence-electron chi connectivity index (χ1n) is 10.0. The molecule has 1 heterocycles. The van der Waals surface area contributed by atoms with Crippen LogP contribution in [0.5, 0.6) is 5.75 Å². The van der Waals surface area contributed by atoms with Gasteiger partial charge in [0, 0.05) is 18.7 Å². The third kappa shape index (κ3) is 5.19. The minimum absolute atomic E-state index is 0.125. The summed E-state index contributed by atoms with van der Waals surface area (Å²) in [4.78, 5) is 37.7. The Morgan fingerprint density at radius 2 is 1.97 bits per heavy atom. The number of aliphatic carboxylic acids is 1. The zero-order valence-corrected chi connectivity index (χ0v) is 17.9. The van der Waals surface area contributed by atoms with Gasteiger partial charge >= 0.3 is 12.1 Å². The highest BCUT2D eigenvalue weighted by atomic mass is 16.5. The fourth-order valence-corrected chi connectivity index (χ4v) is 3.37. The molecule has 0 fully saturated rings. The summed E-state index contributed by atoms with van der Waals surface area (Å²) in [5.41, 5.74) is 0.899. The van der Waals surface area contributed by atoms with E-state index in [2.05, 4.69) is 11.2 Å². The molecule has 166 valence electrons. The smallest absolute Gasteiger partial charge is 0.407 e. The number of nitrogens with one attached hydrogen (secondary N) is 1. The number of fused-ring (bicyclic) bond motifs is 1. The Bertz CT molecular complexity index is 1070. The molecule has 3 rings (SSSR count). The number of ether oxygens (including phenoxy) is 2. The molecule has 0 aliphatic carbocycles. The molecule has 0 bridgehead atoms. The largest absolute Gasteiger partial charge is 0.481 e. The molecule has 8 heteroatoms. The van der Waals surface area contributed by atoms with Crippen molar-refractivity contribution in [3.63, 3.8) is 0 Å².